The van der Waals surface area contributed by atoms with Crippen LogP contribution in [0.2, 0.25) is 5.02 Å². The molecule has 0 spiro atoms. The predicted octanol–water partition coefficient (Wildman–Crippen LogP) is 5.10. The summed E-state index contributed by atoms with van der Waals surface area (Å²) in [4.78, 5) is 4.37. The fraction of sp³-hybridized carbons (Fsp3) is 0.0625. The number of rotatable bonds is 3. The van der Waals surface area contributed by atoms with Gasteiger partial charge >= 0.3 is 0 Å². The van der Waals surface area contributed by atoms with E-state index in [0.717, 1.165) is 26.3 Å². The second kappa shape index (κ2) is 5.97. The zero-order valence-corrected chi connectivity index (χ0v) is 13.5. The Morgan fingerprint density at radius 3 is 2.80 bits per heavy atom. The summed E-state index contributed by atoms with van der Waals surface area (Å²) in [6, 6.07) is 16.2. The van der Waals surface area contributed by atoms with Crippen LogP contribution in [0, 0.1) is 3.57 Å². The van der Waals surface area contributed by atoms with E-state index < -0.39 is 0 Å². The van der Waals surface area contributed by atoms with Crippen molar-refractivity contribution in [3.8, 4) is 0 Å². The lowest BCUT2D eigenvalue weighted by atomic mass is 10.1. The van der Waals surface area contributed by atoms with E-state index in [1.165, 1.54) is 10.9 Å². The van der Waals surface area contributed by atoms with Crippen molar-refractivity contribution >= 4 is 50.8 Å². The van der Waals surface area contributed by atoms with Crippen molar-refractivity contribution in [3.63, 3.8) is 0 Å². The van der Waals surface area contributed by atoms with Gasteiger partial charge in [0.2, 0.25) is 0 Å². The number of benzene rings is 2. The van der Waals surface area contributed by atoms with Gasteiger partial charge in [-0.2, -0.15) is 0 Å². The highest BCUT2D eigenvalue weighted by Crippen LogP contribution is 2.25. The average molecular weight is 395 g/mol. The molecule has 4 heteroatoms. The van der Waals surface area contributed by atoms with Gasteiger partial charge in [0, 0.05) is 21.7 Å². The molecule has 3 aromatic rings. The largest absolute Gasteiger partial charge is 0.380 e. The van der Waals surface area contributed by atoms with E-state index in [2.05, 4.69) is 39.0 Å². The van der Waals surface area contributed by atoms with E-state index in [-0.39, 0.29) is 0 Å². The van der Waals surface area contributed by atoms with Gasteiger partial charge in [-0.05, 0) is 58.5 Å². The van der Waals surface area contributed by atoms with Gasteiger partial charge in [-0.25, -0.2) is 0 Å². The lowest BCUT2D eigenvalue weighted by Crippen LogP contribution is -2.01. The zero-order valence-electron chi connectivity index (χ0n) is 10.6. The van der Waals surface area contributed by atoms with Crippen molar-refractivity contribution in [2.24, 2.45) is 0 Å². The molecular formula is C16H12ClIN2. The minimum Gasteiger partial charge on any atom is -0.380 e. The second-order valence-corrected chi connectivity index (χ2v) is 6.12. The maximum absolute atomic E-state index is 6.23. The summed E-state index contributed by atoms with van der Waals surface area (Å²) in [5.74, 6) is 0. The normalized spacial score (nSPS) is 10.7. The first-order valence-electron chi connectivity index (χ1n) is 6.25. The Morgan fingerprint density at radius 2 is 1.95 bits per heavy atom. The van der Waals surface area contributed by atoms with Crippen LogP contribution in [-0.2, 0) is 6.54 Å². The van der Waals surface area contributed by atoms with Gasteiger partial charge in [0.05, 0.1) is 16.2 Å². The Bertz CT molecular complexity index is 753. The minimum atomic E-state index is 0.726. The molecule has 20 heavy (non-hydrogen) atoms. The highest BCUT2D eigenvalue weighted by atomic mass is 127. The summed E-state index contributed by atoms with van der Waals surface area (Å²) in [6.45, 7) is 0.726. The number of aromatic nitrogens is 1. The third-order valence-electron chi connectivity index (χ3n) is 3.14. The van der Waals surface area contributed by atoms with Crippen LogP contribution in [0.3, 0.4) is 0 Å². The highest BCUT2D eigenvalue weighted by molar-refractivity contribution is 14.1. The molecule has 2 aromatic carbocycles. The Balaban J connectivity index is 1.87. The van der Waals surface area contributed by atoms with Crippen LogP contribution in [0.4, 0.5) is 5.69 Å². The van der Waals surface area contributed by atoms with Crippen molar-refractivity contribution < 1.29 is 0 Å². The third-order valence-corrected chi connectivity index (χ3v) is 4.12. The monoisotopic (exact) mass is 394 g/mol. The van der Waals surface area contributed by atoms with E-state index in [1.54, 1.807) is 0 Å². The molecule has 100 valence electrons. The number of fused-ring (bicyclic) bond motifs is 1. The molecule has 0 bridgehead atoms. The molecule has 1 N–H and O–H groups in total. The predicted molar refractivity (Wildman–Crippen MR) is 93.2 cm³/mol. The summed E-state index contributed by atoms with van der Waals surface area (Å²) in [6.07, 6.45) is 1.84. The molecule has 0 aliphatic rings. The molecule has 0 amide bonds. The first kappa shape index (κ1) is 13.6. The fourth-order valence-corrected chi connectivity index (χ4v) is 3.06. The Labute approximate surface area is 136 Å². The van der Waals surface area contributed by atoms with E-state index >= 15 is 0 Å². The van der Waals surface area contributed by atoms with Crippen molar-refractivity contribution in [1.82, 2.24) is 4.98 Å². The third kappa shape index (κ3) is 2.88. The maximum Gasteiger partial charge on any atom is 0.0705 e. The maximum atomic E-state index is 6.23. The zero-order chi connectivity index (χ0) is 13.9. The molecule has 0 aliphatic carbocycles. The number of hydrogen-bond acceptors (Lipinski definition) is 2. The highest BCUT2D eigenvalue weighted by Gasteiger charge is 2.03. The first-order valence-corrected chi connectivity index (χ1v) is 7.71. The number of halogens is 2. The van der Waals surface area contributed by atoms with Crippen molar-refractivity contribution in [2.45, 2.75) is 6.54 Å². The van der Waals surface area contributed by atoms with Gasteiger partial charge in [-0.15, -0.1) is 0 Å². The molecule has 0 saturated carbocycles. The quantitative estimate of drug-likeness (QED) is 0.625. The van der Waals surface area contributed by atoms with Gasteiger partial charge in [0.25, 0.3) is 0 Å². The van der Waals surface area contributed by atoms with Crippen molar-refractivity contribution in [1.29, 1.82) is 0 Å². The SMILES string of the molecule is Clc1cc(I)ccc1NCc1ccnc2ccccc12. The van der Waals surface area contributed by atoms with Crippen LogP contribution < -0.4 is 5.32 Å². The first-order chi connectivity index (χ1) is 9.74. The molecule has 3 rings (SSSR count). The summed E-state index contributed by atoms with van der Waals surface area (Å²) in [5.41, 5.74) is 3.18. The Kier molecular flexibility index (Phi) is 4.08. The van der Waals surface area contributed by atoms with Crippen LogP contribution in [0.5, 0.6) is 0 Å². The van der Waals surface area contributed by atoms with E-state index in [9.17, 15) is 0 Å². The number of anilines is 1. The molecule has 0 atom stereocenters. The fourth-order valence-electron chi connectivity index (χ4n) is 2.13. The van der Waals surface area contributed by atoms with Crippen LogP contribution in [-0.4, -0.2) is 4.98 Å². The molecule has 0 radical (unpaired) electrons. The van der Waals surface area contributed by atoms with Crippen molar-refractivity contribution in [2.75, 3.05) is 5.32 Å². The lowest BCUT2D eigenvalue weighted by Gasteiger charge is -2.10. The average Bonchev–Trinajstić information content (AvgIpc) is 2.46. The van der Waals surface area contributed by atoms with Crippen LogP contribution in [0.25, 0.3) is 10.9 Å². The molecule has 0 aliphatic heterocycles. The van der Waals surface area contributed by atoms with Crippen LogP contribution in [0.1, 0.15) is 5.56 Å². The molecule has 0 fully saturated rings. The molecule has 1 aromatic heterocycles. The molecule has 0 saturated heterocycles. The van der Waals surface area contributed by atoms with Crippen LogP contribution in [0.15, 0.2) is 54.7 Å². The summed E-state index contributed by atoms with van der Waals surface area (Å²) < 4.78 is 1.13. The van der Waals surface area contributed by atoms with Gasteiger partial charge in [0.15, 0.2) is 0 Å². The van der Waals surface area contributed by atoms with Gasteiger partial charge in [-0.3, -0.25) is 4.98 Å². The number of nitrogens with one attached hydrogen (secondary N) is 1. The summed E-state index contributed by atoms with van der Waals surface area (Å²) in [5, 5.41) is 5.30. The number of para-hydroxylation sites is 1. The summed E-state index contributed by atoms with van der Waals surface area (Å²) >= 11 is 8.49. The number of pyridine rings is 1. The smallest absolute Gasteiger partial charge is 0.0705 e. The number of hydrogen-bond donors (Lipinski definition) is 1. The van der Waals surface area contributed by atoms with Gasteiger partial charge < -0.3 is 5.32 Å². The molecule has 0 unspecified atom stereocenters. The topological polar surface area (TPSA) is 24.9 Å². The Morgan fingerprint density at radius 1 is 1.10 bits per heavy atom. The van der Waals surface area contributed by atoms with Gasteiger partial charge in [-0.1, -0.05) is 29.8 Å². The van der Waals surface area contributed by atoms with Crippen molar-refractivity contribution in [3.05, 3.63) is 68.9 Å². The molecule has 1 heterocycles. The molecule has 2 nitrogen and oxygen atoms in total. The minimum absolute atomic E-state index is 0.726. The standard InChI is InChI=1S/C16H12ClIN2/c17-14-9-12(18)5-6-16(14)20-10-11-7-8-19-15-4-2-1-3-13(11)15/h1-9,20H,10H2. The van der Waals surface area contributed by atoms with Gasteiger partial charge in [0.1, 0.15) is 0 Å². The van der Waals surface area contributed by atoms with Crippen LogP contribution >= 0.6 is 34.2 Å². The summed E-state index contributed by atoms with van der Waals surface area (Å²) in [7, 11) is 0. The Hall–Kier alpha value is -1.33. The van der Waals surface area contributed by atoms with E-state index in [0.29, 0.717) is 0 Å². The molecular weight excluding hydrogens is 383 g/mol. The van der Waals surface area contributed by atoms with E-state index in [1.807, 2.05) is 48.7 Å². The second-order valence-electron chi connectivity index (χ2n) is 4.46. The van der Waals surface area contributed by atoms with E-state index in [4.69, 9.17) is 11.6 Å². The number of nitrogens with zero attached hydrogens (tertiary/aromatic N) is 1. The lowest BCUT2D eigenvalue weighted by molar-refractivity contribution is 1.16.